The van der Waals surface area contributed by atoms with E-state index in [0.29, 0.717) is 18.2 Å². The minimum absolute atomic E-state index is 0.107. The summed E-state index contributed by atoms with van der Waals surface area (Å²) in [5.41, 5.74) is 0. The number of nitrogens with one attached hydrogen (secondary N) is 2. The van der Waals surface area contributed by atoms with E-state index in [0.717, 1.165) is 11.9 Å². The Hall–Kier alpha value is -3.69. The predicted octanol–water partition coefficient (Wildman–Crippen LogP) is 1.92. The molecule has 0 spiro atoms. The molecule has 2 N–H and O–H groups in total. The molecule has 0 aliphatic rings. The third-order valence-electron chi connectivity index (χ3n) is 3.41. The van der Waals surface area contributed by atoms with Crippen molar-refractivity contribution < 1.29 is 14.1 Å². The Balaban J connectivity index is 1.53. The van der Waals surface area contributed by atoms with Crippen LogP contribution in [-0.4, -0.2) is 38.5 Å². The summed E-state index contributed by atoms with van der Waals surface area (Å²) in [5.74, 6) is 0.880. The van der Waals surface area contributed by atoms with Gasteiger partial charge in [0.15, 0.2) is 5.76 Å². The maximum atomic E-state index is 11.9. The van der Waals surface area contributed by atoms with Gasteiger partial charge in [0.05, 0.1) is 6.07 Å². The summed E-state index contributed by atoms with van der Waals surface area (Å²) >= 11 is 0. The van der Waals surface area contributed by atoms with Gasteiger partial charge in [0.2, 0.25) is 0 Å². The van der Waals surface area contributed by atoms with Crippen LogP contribution in [0.25, 0.3) is 5.82 Å². The number of carbonyl (C=O) groups is 1. The molecule has 26 heavy (non-hydrogen) atoms. The number of rotatable bonds is 7. The van der Waals surface area contributed by atoms with Gasteiger partial charge in [-0.3, -0.25) is 14.9 Å². The molecular weight excluding hydrogens is 340 g/mol. The number of amides is 1. The van der Waals surface area contributed by atoms with E-state index >= 15 is 0 Å². The molecule has 10 heteroatoms. The van der Waals surface area contributed by atoms with Crippen molar-refractivity contribution in [2.75, 3.05) is 18.4 Å². The van der Waals surface area contributed by atoms with Crippen molar-refractivity contribution in [3.63, 3.8) is 0 Å². The highest BCUT2D eigenvalue weighted by molar-refractivity contribution is 5.91. The number of nitro groups is 1. The smallest absolute Gasteiger partial charge is 0.395 e. The van der Waals surface area contributed by atoms with E-state index in [9.17, 15) is 14.9 Å². The van der Waals surface area contributed by atoms with Gasteiger partial charge in [-0.05, 0) is 25.1 Å². The average Bonchev–Trinajstić information content (AvgIpc) is 3.29. The van der Waals surface area contributed by atoms with Crippen LogP contribution >= 0.6 is 0 Å². The first-order valence-electron chi connectivity index (χ1n) is 7.78. The molecule has 0 saturated heterocycles. The molecule has 134 valence electrons. The zero-order chi connectivity index (χ0) is 18.5. The van der Waals surface area contributed by atoms with Gasteiger partial charge in [-0.2, -0.15) is 0 Å². The summed E-state index contributed by atoms with van der Waals surface area (Å²) in [6, 6.07) is 8.00. The molecule has 3 rings (SSSR count). The van der Waals surface area contributed by atoms with E-state index in [-0.39, 0.29) is 12.3 Å². The minimum atomic E-state index is -0.696. The van der Waals surface area contributed by atoms with E-state index in [1.165, 1.54) is 6.07 Å². The molecule has 0 fully saturated rings. The summed E-state index contributed by atoms with van der Waals surface area (Å²) < 4.78 is 6.71. The molecule has 0 atom stereocenters. The second-order valence-corrected chi connectivity index (χ2v) is 5.33. The third-order valence-corrected chi connectivity index (χ3v) is 3.41. The van der Waals surface area contributed by atoms with Gasteiger partial charge in [-0.1, -0.05) is 0 Å². The lowest BCUT2D eigenvalue weighted by molar-refractivity contribution is -0.402. The first kappa shape index (κ1) is 17.1. The lowest BCUT2D eigenvalue weighted by Gasteiger charge is -2.09. The van der Waals surface area contributed by atoms with E-state index in [1.54, 1.807) is 13.0 Å². The highest BCUT2D eigenvalue weighted by Crippen LogP contribution is 2.15. The second-order valence-electron chi connectivity index (χ2n) is 5.33. The SMILES string of the molecule is Cc1nc(NCCNC(=O)c2ccc([N+](=O)[O-])o2)cc(-n2cccc2)n1. The quantitative estimate of drug-likeness (QED) is 0.376. The fraction of sp³-hybridized carbons (Fsp3) is 0.188. The molecule has 3 aromatic rings. The molecule has 10 nitrogen and oxygen atoms in total. The molecule has 1 amide bonds. The van der Waals surface area contributed by atoms with Crippen molar-refractivity contribution >= 4 is 17.6 Å². The molecule has 0 saturated carbocycles. The average molecular weight is 356 g/mol. The van der Waals surface area contributed by atoms with Crippen molar-refractivity contribution in [1.29, 1.82) is 0 Å². The van der Waals surface area contributed by atoms with Crippen LogP contribution in [-0.2, 0) is 0 Å². The van der Waals surface area contributed by atoms with Crippen LogP contribution in [0.4, 0.5) is 11.7 Å². The second kappa shape index (κ2) is 7.47. The van der Waals surface area contributed by atoms with Crippen LogP contribution in [0.2, 0.25) is 0 Å². The molecule has 0 unspecified atom stereocenters. The summed E-state index contributed by atoms with van der Waals surface area (Å²) in [5, 5.41) is 16.3. The van der Waals surface area contributed by atoms with Crippen LogP contribution in [0.3, 0.4) is 0 Å². The molecule has 0 aliphatic heterocycles. The van der Waals surface area contributed by atoms with Gasteiger partial charge in [0, 0.05) is 31.5 Å². The monoisotopic (exact) mass is 356 g/mol. The Labute approximate surface area is 148 Å². The maximum Gasteiger partial charge on any atom is 0.433 e. The molecule has 3 heterocycles. The van der Waals surface area contributed by atoms with Crippen LogP contribution in [0.1, 0.15) is 16.4 Å². The van der Waals surface area contributed by atoms with Gasteiger partial charge in [-0.25, -0.2) is 9.97 Å². The van der Waals surface area contributed by atoms with Crippen molar-refractivity contribution in [3.05, 3.63) is 64.4 Å². The first-order chi connectivity index (χ1) is 12.5. The Morgan fingerprint density at radius 1 is 1.27 bits per heavy atom. The number of nitrogens with zero attached hydrogens (tertiary/aromatic N) is 4. The van der Waals surface area contributed by atoms with E-state index in [1.807, 2.05) is 29.1 Å². The number of aromatic nitrogens is 3. The van der Waals surface area contributed by atoms with Gasteiger partial charge < -0.3 is 19.6 Å². The fourth-order valence-electron chi connectivity index (χ4n) is 2.26. The highest BCUT2D eigenvalue weighted by atomic mass is 16.6. The summed E-state index contributed by atoms with van der Waals surface area (Å²) in [7, 11) is 0. The Bertz CT molecular complexity index is 919. The molecule has 0 radical (unpaired) electrons. The largest absolute Gasteiger partial charge is 0.433 e. The van der Waals surface area contributed by atoms with Crippen molar-refractivity contribution in [1.82, 2.24) is 19.9 Å². The van der Waals surface area contributed by atoms with E-state index in [4.69, 9.17) is 4.42 Å². The molecule has 0 bridgehead atoms. The number of carbonyl (C=O) groups excluding carboxylic acids is 1. The maximum absolute atomic E-state index is 11.9. The van der Waals surface area contributed by atoms with Gasteiger partial charge in [0.25, 0.3) is 5.91 Å². The Kier molecular flexibility index (Phi) is 4.92. The van der Waals surface area contributed by atoms with Crippen LogP contribution in [0.5, 0.6) is 0 Å². The zero-order valence-electron chi connectivity index (χ0n) is 13.9. The summed E-state index contributed by atoms with van der Waals surface area (Å²) in [6.07, 6.45) is 3.77. The topological polar surface area (TPSA) is 128 Å². The number of furan rings is 1. The Morgan fingerprint density at radius 2 is 2.04 bits per heavy atom. The zero-order valence-corrected chi connectivity index (χ0v) is 13.9. The highest BCUT2D eigenvalue weighted by Gasteiger charge is 2.16. The van der Waals surface area contributed by atoms with Crippen LogP contribution < -0.4 is 10.6 Å². The van der Waals surface area contributed by atoms with Crippen molar-refractivity contribution in [2.45, 2.75) is 6.92 Å². The number of hydrogen-bond acceptors (Lipinski definition) is 7. The fourth-order valence-corrected chi connectivity index (χ4v) is 2.26. The van der Waals surface area contributed by atoms with E-state index in [2.05, 4.69) is 20.6 Å². The Morgan fingerprint density at radius 3 is 2.73 bits per heavy atom. The molecular formula is C16H16N6O4. The lowest BCUT2D eigenvalue weighted by atomic mass is 10.4. The standard InChI is InChI=1S/C16H16N6O4/c1-11-19-13(10-14(20-11)21-8-2-3-9-21)17-6-7-18-16(23)12-4-5-15(26-12)22(24)25/h2-5,8-10H,6-7H2,1H3,(H,18,23)(H,17,19,20). The minimum Gasteiger partial charge on any atom is -0.395 e. The molecule has 0 aromatic carbocycles. The number of hydrogen-bond donors (Lipinski definition) is 2. The van der Waals surface area contributed by atoms with Gasteiger partial charge in [0.1, 0.15) is 22.4 Å². The van der Waals surface area contributed by atoms with Crippen LogP contribution in [0.15, 0.2) is 47.1 Å². The molecule has 0 aliphatic carbocycles. The van der Waals surface area contributed by atoms with Gasteiger partial charge in [-0.15, -0.1) is 0 Å². The number of aryl methyl sites for hydroxylation is 1. The van der Waals surface area contributed by atoms with Crippen molar-refractivity contribution in [3.8, 4) is 5.82 Å². The van der Waals surface area contributed by atoms with Crippen LogP contribution in [0, 0.1) is 17.0 Å². The normalized spacial score (nSPS) is 10.5. The van der Waals surface area contributed by atoms with Crippen molar-refractivity contribution in [2.24, 2.45) is 0 Å². The summed E-state index contributed by atoms with van der Waals surface area (Å²) in [4.78, 5) is 30.4. The lowest BCUT2D eigenvalue weighted by Crippen LogP contribution is -2.28. The third kappa shape index (κ3) is 4.04. The predicted molar refractivity (Wildman–Crippen MR) is 92.3 cm³/mol. The van der Waals surface area contributed by atoms with Gasteiger partial charge >= 0.3 is 5.88 Å². The first-order valence-corrected chi connectivity index (χ1v) is 7.78. The number of anilines is 1. The molecule has 3 aromatic heterocycles. The van der Waals surface area contributed by atoms with E-state index < -0.39 is 16.7 Å². The summed E-state index contributed by atoms with van der Waals surface area (Å²) in [6.45, 7) is 2.50.